The number of carbonyl (C=O) groups is 1. The summed E-state index contributed by atoms with van der Waals surface area (Å²) in [7, 11) is 1.64. The second kappa shape index (κ2) is 5.35. The Morgan fingerprint density at radius 2 is 2.22 bits per heavy atom. The fourth-order valence-corrected chi connectivity index (χ4v) is 0.459. The van der Waals surface area contributed by atoms with E-state index in [0.29, 0.717) is 6.42 Å². The summed E-state index contributed by atoms with van der Waals surface area (Å²) >= 11 is 0. The Morgan fingerprint density at radius 3 is 2.67 bits per heavy atom. The summed E-state index contributed by atoms with van der Waals surface area (Å²) in [6, 6.07) is 0. The number of amides is 1. The fraction of sp³-hybridized carbons (Fsp3) is 0.571. The quantitative estimate of drug-likeness (QED) is 0.565. The molecule has 2 nitrogen and oxygen atoms in total. The van der Waals surface area contributed by atoms with E-state index in [0.717, 1.165) is 6.42 Å². The second-order valence-corrected chi connectivity index (χ2v) is 1.76. The third-order valence-electron chi connectivity index (χ3n) is 0.984. The van der Waals surface area contributed by atoms with E-state index in [9.17, 15) is 4.79 Å². The molecule has 0 saturated carbocycles. The van der Waals surface area contributed by atoms with Gasteiger partial charge in [-0.05, 0) is 6.42 Å². The summed E-state index contributed by atoms with van der Waals surface area (Å²) in [6.45, 7) is 2.04. The number of rotatable bonds is 3. The number of hydrogen-bond donors (Lipinski definition) is 1. The summed E-state index contributed by atoms with van der Waals surface area (Å²) in [5.74, 6) is 0.0692. The van der Waals surface area contributed by atoms with Crippen molar-refractivity contribution < 1.29 is 4.79 Å². The van der Waals surface area contributed by atoms with Gasteiger partial charge in [0.2, 0.25) is 5.91 Å². The van der Waals surface area contributed by atoms with Gasteiger partial charge in [-0.25, -0.2) is 0 Å². The first-order chi connectivity index (χ1) is 4.31. The highest BCUT2D eigenvalue weighted by Gasteiger charge is 1.88. The van der Waals surface area contributed by atoms with Crippen LogP contribution in [0.5, 0.6) is 0 Å². The van der Waals surface area contributed by atoms with Crippen LogP contribution in [0.2, 0.25) is 0 Å². The van der Waals surface area contributed by atoms with Crippen LogP contribution in [0.1, 0.15) is 19.8 Å². The molecule has 0 aromatic carbocycles. The van der Waals surface area contributed by atoms with Crippen molar-refractivity contribution in [1.29, 1.82) is 0 Å². The predicted molar refractivity (Wildman–Crippen MR) is 38.1 cm³/mol. The molecule has 1 amide bonds. The zero-order valence-corrected chi connectivity index (χ0v) is 5.98. The molecule has 0 aliphatic heterocycles. The van der Waals surface area contributed by atoms with Gasteiger partial charge in [0.05, 0.1) is 0 Å². The summed E-state index contributed by atoms with van der Waals surface area (Å²) in [4.78, 5) is 10.5. The van der Waals surface area contributed by atoms with Gasteiger partial charge in [-0.1, -0.05) is 19.1 Å². The van der Waals surface area contributed by atoms with Crippen LogP contribution in [0.4, 0.5) is 0 Å². The average molecular weight is 127 g/mol. The largest absolute Gasteiger partial charge is 0.359 e. The lowest BCUT2D eigenvalue weighted by molar-refractivity contribution is -0.119. The number of carbonyl (C=O) groups excluding carboxylic acids is 1. The number of nitrogens with one attached hydrogen (secondary N) is 1. The summed E-state index contributed by atoms with van der Waals surface area (Å²) in [5.41, 5.74) is 0. The van der Waals surface area contributed by atoms with Crippen LogP contribution in [-0.4, -0.2) is 13.0 Å². The van der Waals surface area contributed by atoms with Gasteiger partial charge >= 0.3 is 0 Å². The molecule has 2 heteroatoms. The molecule has 9 heavy (non-hydrogen) atoms. The van der Waals surface area contributed by atoms with E-state index < -0.39 is 0 Å². The lowest BCUT2D eigenvalue weighted by atomic mass is 10.3. The molecule has 52 valence electrons. The van der Waals surface area contributed by atoms with Crippen LogP contribution in [0.3, 0.4) is 0 Å². The van der Waals surface area contributed by atoms with Gasteiger partial charge < -0.3 is 5.32 Å². The van der Waals surface area contributed by atoms with E-state index in [1.807, 2.05) is 19.1 Å². The highest BCUT2D eigenvalue weighted by molar-refractivity contribution is 5.76. The zero-order valence-electron chi connectivity index (χ0n) is 5.98. The summed E-state index contributed by atoms with van der Waals surface area (Å²) in [6.07, 6.45) is 5.36. The molecule has 0 aliphatic rings. The number of allylic oxidation sites excluding steroid dienone is 1. The zero-order chi connectivity index (χ0) is 7.11. The molecular weight excluding hydrogens is 114 g/mol. The maximum Gasteiger partial charge on any atom is 0.223 e. The maximum absolute atomic E-state index is 10.5. The van der Waals surface area contributed by atoms with Gasteiger partial charge in [0.15, 0.2) is 0 Å². The van der Waals surface area contributed by atoms with E-state index in [1.165, 1.54) is 0 Å². The molecule has 0 radical (unpaired) electrons. The van der Waals surface area contributed by atoms with Gasteiger partial charge in [-0.2, -0.15) is 0 Å². The molecule has 0 spiro atoms. The molecule has 0 unspecified atom stereocenters. The van der Waals surface area contributed by atoms with Crippen LogP contribution in [0.25, 0.3) is 0 Å². The van der Waals surface area contributed by atoms with Gasteiger partial charge in [-0.3, -0.25) is 4.79 Å². The Bertz CT molecular complexity index is 107. The van der Waals surface area contributed by atoms with Gasteiger partial charge in [0, 0.05) is 13.5 Å². The minimum atomic E-state index is 0.0692. The van der Waals surface area contributed by atoms with Crippen molar-refractivity contribution >= 4 is 5.91 Å². The van der Waals surface area contributed by atoms with Crippen LogP contribution >= 0.6 is 0 Å². The van der Waals surface area contributed by atoms with Crippen molar-refractivity contribution in [3.8, 4) is 0 Å². The summed E-state index contributed by atoms with van der Waals surface area (Å²) < 4.78 is 0. The smallest absolute Gasteiger partial charge is 0.223 e. The highest BCUT2D eigenvalue weighted by Crippen LogP contribution is 1.84. The molecule has 0 aromatic rings. The minimum Gasteiger partial charge on any atom is -0.359 e. The minimum absolute atomic E-state index is 0.0692. The van der Waals surface area contributed by atoms with Crippen LogP contribution in [0, 0.1) is 0 Å². The van der Waals surface area contributed by atoms with Crippen LogP contribution in [-0.2, 0) is 4.79 Å². The lowest BCUT2D eigenvalue weighted by Gasteiger charge is -1.90. The number of hydrogen-bond acceptors (Lipinski definition) is 1. The molecule has 0 aromatic heterocycles. The standard InChI is InChI=1S/C7H13NO/c1-3-4-5-6-7(9)8-2/h4-5H,3,6H2,1-2H3,(H,8,9)/b5-4+. The van der Waals surface area contributed by atoms with Gasteiger partial charge in [-0.15, -0.1) is 0 Å². The average Bonchev–Trinajstić information content (AvgIpc) is 1.89. The first-order valence-corrected chi connectivity index (χ1v) is 3.16. The van der Waals surface area contributed by atoms with Crippen molar-refractivity contribution in [1.82, 2.24) is 5.32 Å². The lowest BCUT2D eigenvalue weighted by Crippen LogP contribution is -2.15. The molecule has 0 saturated heterocycles. The molecule has 0 rings (SSSR count). The topological polar surface area (TPSA) is 29.1 Å². The van der Waals surface area contributed by atoms with Crippen molar-refractivity contribution in [2.45, 2.75) is 19.8 Å². The Balaban J connectivity index is 3.26. The fourth-order valence-electron chi connectivity index (χ4n) is 0.459. The Hall–Kier alpha value is -0.790. The Morgan fingerprint density at radius 1 is 1.56 bits per heavy atom. The van der Waals surface area contributed by atoms with E-state index >= 15 is 0 Å². The monoisotopic (exact) mass is 127 g/mol. The first kappa shape index (κ1) is 8.21. The van der Waals surface area contributed by atoms with E-state index in [1.54, 1.807) is 7.05 Å². The van der Waals surface area contributed by atoms with Crippen molar-refractivity contribution in [2.75, 3.05) is 7.05 Å². The summed E-state index contributed by atoms with van der Waals surface area (Å²) in [5, 5.41) is 2.53. The third kappa shape index (κ3) is 5.07. The predicted octanol–water partition coefficient (Wildman–Crippen LogP) is 1.09. The maximum atomic E-state index is 10.5. The van der Waals surface area contributed by atoms with E-state index in [4.69, 9.17) is 0 Å². The molecule has 0 aliphatic carbocycles. The molecule has 0 heterocycles. The van der Waals surface area contributed by atoms with Crippen molar-refractivity contribution in [3.63, 3.8) is 0 Å². The Kier molecular flexibility index (Phi) is 4.88. The molecular formula is C7H13NO. The van der Waals surface area contributed by atoms with Crippen LogP contribution < -0.4 is 5.32 Å². The van der Waals surface area contributed by atoms with E-state index in [2.05, 4.69) is 5.32 Å². The normalized spacial score (nSPS) is 10.0. The second-order valence-electron chi connectivity index (χ2n) is 1.76. The SMILES string of the molecule is CC/C=C/CC(=O)NC. The van der Waals surface area contributed by atoms with E-state index in [-0.39, 0.29) is 5.91 Å². The van der Waals surface area contributed by atoms with Crippen LogP contribution in [0.15, 0.2) is 12.2 Å². The molecule has 0 bridgehead atoms. The first-order valence-electron chi connectivity index (χ1n) is 3.16. The molecule has 0 atom stereocenters. The van der Waals surface area contributed by atoms with Gasteiger partial charge in [0.25, 0.3) is 0 Å². The van der Waals surface area contributed by atoms with Crippen molar-refractivity contribution in [2.24, 2.45) is 0 Å². The molecule has 0 fully saturated rings. The highest BCUT2D eigenvalue weighted by atomic mass is 16.1. The Labute approximate surface area is 56.0 Å². The van der Waals surface area contributed by atoms with Crippen molar-refractivity contribution in [3.05, 3.63) is 12.2 Å². The third-order valence-corrected chi connectivity index (χ3v) is 0.984. The molecule has 1 N–H and O–H groups in total. The van der Waals surface area contributed by atoms with Gasteiger partial charge in [0.1, 0.15) is 0 Å².